The van der Waals surface area contributed by atoms with Crippen molar-refractivity contribution in [2.45, 2.75) is 6.04 Å². The summed E-state index contributed by atoms with van der Waals surface area (Å²) in [6.07, 6.45) is 1.74. The average Bonchev–Trinajstić information content (AvgIpc) is 2.51. The zero-order chi connectivity index (χ0) is 14.8. The van der Waals surface area contributed by atoms with E-state index >= 15 is 0 Å². The molecule has 0 aliphatic rings. The van der Waals surface area contributed by atoms with Crippen LogP contribution >= 0.6 is 0 Å². The van der Waals surface area contributed by atoms with Crippen LogP contribution in [0, 0.1) is 5.82 Å². The minimum atomic E-state index is -0.384. The Hall–Kier alpha value is -2.50. The van der Waals surface area contributed by atoms with Crippen LogP contribution in [0.1, 0.15) is 17.2 Å². The number of halogens is 1. The summed E-state index contributed by atoms with van der Waals surface area (Å²) in [7, 11) is 0. The Morgan fingerprint density at radius 2 is 1.95 bits per heavy atom. The molecule has 0 saturated carbocycles. The maximum Gasteiger partial charge on any atom is 0.123 e. The number of pyridine rings is 1. The molecule has 0 aliphatic heterocycles. The van der Waals surface area contributed by atoms with Crippen molar-refractivity contribution >= 4 is 16.6 Å². The Kier molecular flexibility index (Phi) is 3.51. The highest BCUT2D eigenvalue weighted by Crippen LogP contribution is 2.28. The number of nitrogens with two attached hydrogens (primary N) is 2. The van der Waals surface area contributed by atoms with Crippen LogP contribution in [0.2, 0.25) is 0 Å². The molecule has 0 aliphatic carbocycles. The van der Waals surface area contributed by atoms with E-state index in [4.69, 9.17) is 11.6 Å². The first kappa shape index (κ1) is 13.5. The molecule has 1 atom stereocenters. The summed E-state index contributed by atoms with van der Waals surface area (Å²) in [4.78, 5) is 4.28. The lowest BCUT2D eigenvalue weighted by molar-refractivity contribution is 0.607. The van der Waals surface area contributed by atoms with Crippen LogP contribution in [0.15, 0.2) is 54.7 Å². The van der Waals surface area contributed by atoms with E-state index in [1.165, 1.54) is 18.2 Å². The molecule has 106 valence electrons. The van der Waals surface area contributed by atoms with Crippen LogP contribution < -0.4 is 17.0 Å². The van der Waals surface area contributed by atoms with Gasteiger partial charge in [0.05, 0.1) is 11.6 Å². The Labute approximate surface area is 121 Å². The van der Waals surface area contributed by atoms with Crippen molar-refractivity contribution in [2.75, 3.05) is 5.73 Å². The van der Waals surface area contributed by atoms with Crippen molar-refractivity contribution in [1.29, 1.82) is 0 Å². The minimum Gasteiger partial charge on any atom is -0.398 e. The normalized spacial score (nSPS) is 12.5. The van der Waals surface area contributed by atoms with E-state index in [0.29, 0.717) is 11.3 Å². The Morgan fingerprint density at radius 3 is 2.76 bits per heavy atom. The molecule has 2 aromatic carbocycles. The molecule has 0 bridgehead atoms. The average molecular weight is 282 g/mol. The smallest absolute Gasteiger partial charge is 0.123 e. The summed E-state index contributed by atoms with van der Waals surface area (Å²) >= 11 is 0. The molecule has 3 rings (SSSR count). The van der Waals surface area contributed by atoms with Crippen LogP contribution in [-0.4, -0.2) is 4.98 Å². The van der Waals surface area contributed by atoms with Crippen LogP contribution in [0.3, 0.4) is 0 Å². The number of nitrogens with one attached hydrogen (secondary N) is 1. The summed E-state index contributed by atoms with van der Waals surface area (Å²) in [6.45, 7) is 0. The number of aromatic nitrogens is 1. The zero-order valence-corrected chi connectivity index (χ0v) is 11.3. The highest BCUT2D eigenvalue weighted by atomic mass is 19.1. The van der Waals surface area contributed by atoms with Crippen LogP contribution in [-0.2, 0) is 0 Å². The van der Waals surface area contributed by atoms with Crippen molar-refractivity contribution in [3.05, 3.63) is 71.7 Å². The quantitative estimate of drug-likeness (QED) is 0.392. The molecule has 3 aromatic rings. The van der Waals surface area contributed by atoms with Gasteiger partial charge in [0.25, 0.3) is 0 Å². The molecule has 0 fully saturated rings. The number of hydrogen-bond donors (Lipinski definition) is 3. The maximum atomic E-state index is 13.5. The molecule has 21 heavy (non-hydrogen) atoms. The van der Waals surface area contributed by atoms with Crippen LogP contribution in [0.5, 0.6) is 0 Å². The van der Waals surface area contributed by atoms with Crippen molar-refractivity contribution in [3.63, 3.8) is 0 Å². The Balaban J connectivity index is 2.11. The lowest BCUT2D eigenvalue weighted by atomic mass is 9.96. The van der Waals surface area contributed by atoms with E-state index in [0.717, 1.165) is 16.5 Å². The Bertz CT molecular complexity index is 788. The predicted octanol–water partition coefficient (Wildman–Crippen LogP) is 2.51. The third-order valence-electron chi connectivity index (χ3n) is 3.49. The molecule has 1 aromatic heterocycles. The lowest BCUT2D eigenvalue weighted by Crippen LogP contribution is -2.29. The first-order chi connectivity index (χ1) is 10.2. The molecule has 0 spiro atoms. The van der Waals surface area contributed by atoms with Gasteiger partial charge in [0.1, 0.15) is 5.82 Å². The van der Waals surface area contributed by atoms with Gasteiger partial charge in [0.15, 0.2) is 0 Å². The van der Waals surface area contributed by atoms with Gasteiger partial charge < -0.3 is 5.73 Å². The summed E-state index contributed by atoms with van der Waals surface area (Å²) in [5.41, 5.74) is 11.5. The second-order valence-corrected chi connectivity index (χ2v) is 4.83. The summed E-state index contributed by atoms with van der Waals surface area (Å²) < 4.78 is 13.5. The maximum absolute atomic E-state index is 13.5. The molecule has 5 heteroatoms. The second kappa shape index (κ2) is 5.47. The van der Waals surface area contributed by atoms with E-state index in [-0.39, 0.29) is 11.9 Å². The largest absolute Gasteiger partial charge is 0.398 e. The molecule has 5 N–H and O–H groups in total. The third kappa shape index (κ3) is 2.56. The zero-order valence-electron chi connectivity index (χ0n) is 11.3. The molecule has 1 unspecified atom stereocenters. The van der Waals surface area contributed by atoms with Crippen molar-refractivity contribution in [1.82, 2.24) is 10.4 Å². The van der Waals surface area contributed by atoms with Gasteiger partial charge in [-0.25, -0.2) is 9.82 Å². The van der Waals surface area contributed by atoms with Crippen LogP contribution in [0.25, 0.3) is 10.9 Å². The topological polar surface area (TPSA) is 77.0 Å². The van der Waals surface area contributed by atoms with Crippen molar-refractivity contribution in [3.8, 4) is 0 Å². The summed E-state index contributed by atoms with van der Waals surface area (Å²) in [5.74, 6) is 5.31. The monoisotopic (exact) mass is 282 g/mol. The standard InChI is InChI=1S/C16H15FN4/c17-12-4-5-14(18)13(9-12)16(21-19)11-3-6-15-10(8-11)2-1-7-20-15/h1-9,16,21H,18-19H2. The number of hydrogen-bond acceptors (Lipinski definition) is 4. The number of nitrogens with zero attached hydrogens (tertiary/aromatic N) is 1. The van der Waals surface area contributed by atoms with E-state index in [2.05, 4.69) is 10.4 Å². The number of benzene rings is 2. The molecule has 0 saturated heterocycles. The molecular formula is C16H15FN4. The first-order valence-corrected chi connectivity index (χ1v) is 6.55. The van der Waals surface area contributed by atoms with Gasteiger partial charge in [-0.15, -0.1) is 0 Å². The van der Waals surface area contributed by atoms with Crippen molar-refractivity contribution in [2.24, 2.45) is 5.84 Å². The number of nitrogen functional groups attached to an aromatic ring is 1. The highest BCUT2D eigenvalue weighted by molar-refractivity contribution is 5.79. The van der Waals surface area contributed by atoms with Crippen molar-refractivity contribution < 1.29 is 4.39 Å². The van der Waals surface area contributed by atoms with E-state index in [9.17, 15) is 4.39 Å². The lowest BCUT2D eigenvalue weighted by Gasteiger charge is -2.19. The molecule has 4 nitrogen and oxygen atoms in total. The van der Waals surface area contributed by atoms with E-state index in [1.54, 1.807) is 6.20 Å². The fourth-order valence-corrected chi connectivity index (χ4v) is 2.43. The molecular weight excluding hydrogens is 267 g/mol. The van der Waals surface area contributed by atoms with Gasteiger partial charge in [0, 0.05) is 22.8 Å². The SMILES string of the molecule is NNC(c1ccc2ncccc2c1)c1cc(F)ccc1N. The summed E-state index contributed by atoms with van der Waals surface area (Å²) in [6, 6.07) is 13.5. The van der Waals surface area contributed by atoms with Gasteiger partial charge in [-0.3, -0.25) is 10.8 Å². The van der Waals surface area contributed by atoms with Crippen LogP contribution in [0.4, 0.5) is 10.1 Å². The molecule has 1 heterocycles. The second-order valence-electron chi connectivity index (χ2n) is 4.83. The number of fused-ring (bicyclic) bond motifs is 1. The fourth-order valence-electron chi connectivity index (χ4n) is 2.43. The van der Waals surface area contributed by atoms with Gasteiger partial charge in [-0.05, 0) is 42.0 Å². The van der Waals surface area contributed by atoms with Gasteiger partial charge in [-0.1, -0.05) is 12.1 Å². The first-order valence-electron chi connectivity index (χ1n) is 6.55. The van der Waals surface area contributed by atoms with Gasteiger partial charge >= 0.3 is 0 Å². The number of anilines is 1. The van der Waals surface area contributed by atoms with E-state index < -0.39 is 0 Å². The molecule has 0 radical (unpaired) electrons. The predicted molar refractivity (Wildman–Crippen MR) is 81.7 cm³/mol. The van der Waals surface area contributed by atoms with Gasteiger partial charge in [0.2, 0.25) is 0 Å². The Morgan fingerprint density at radius 1 is 1.10 bits per heavy atom. The molecule has 0 amide bonds. The van der Waals surface area contributed by atoms with Gasteiger partial charge in [-0.2, -0.15) is 0 Å². The highest BCUT2D eigenvalue weighted by Gasteiger charge is 2.16. The summed E-state index contributed by atoms with van der Waals surface area (Å²) in [5, 5.41) is 0.991. The third-order valence-corrected chi connectivity index (χ3v) is 3.49. The fraction of sp³-hybridized carbons (Fsp3) is 0.0625. The minimum absolute atomic E-state index is 0.345. The van der Waals surface area contributed by atoms with E-state index in [1.807, 2.05) is 30.3 Å². The number of hydrazine groups is 1. The number of rotatable bonds is 3.